The van der Waals surface area contributed by atoms with Crippen LogP contribution in [0.5, 0.6) is 0 Å². The molecule has 3 amide bonds. The number of urea groups is 1. The number of para-hydroxylation sites is 1. The first-order valence-electron chi connectivity index (χ1n) is 9.12. The van der Waals surface area contributed by atoms with Crippen molar-refractivity contribution in [3.05, 3.63) is 30.3 Å². The lowest BCUT2D eigenvalue weighted by atomic mass is 9.90. The summed E-state index contributed by atoms with van der Waals surface area (Å²) >= 11 is 0. The van der Waals surface area contributed by atoms with E-state index < -0.39 is 5.54 Å². The molecule has 5 heteroatoms. The van der Waals surface area contributed by atoms with Gasteiger partial charge >= 0.3 is 6.03 Å². The minimum Gasteiger partial charge on any atom is -0.369 e. The van der Waals surface area contributed by atoms with Crippen LogP contribution in [-0.2, 0) is 4.79 Å². The summed E-state index contributed by atoms with van der Waals surface area (Å²) in [5.74, 6) is 0.0618. The van der Waals surface area contributed by atoms with Gasteiger partial charge in [0, 0.05) is 25.3 Å². The Morgan fingerprint density at radius 1 is 1.17 bits per heavy atom. The van der Waals surface area contributed by atoms with Gasteiger partial charge in [0.2, 0.25) is 0 Å². The van der Waals surface area contributed by atoms with E-state index in [0.717, 1.165) is 51.7 Å². The Balaban J connectivity index is 1.55. The third-order valence-corrected chi connectivity index (χ3v) is 5.86. The SMILES string of the molecule is CCC[C@]12CCCN1C(=O)N([C@@H]1CCN(c3ccccc3)C1)C2=O. The number of benzene rings is 1. The monoisotopic (exact) mass is 327 g/mol. The maximum atomic E-state index is 13.2. The quantitative estimate of drug-likeness (QED) is 0.799. The van der Waals surface area contributed by atoms with E-state index in [1.165, 1.54) is 5.69 Å². The van der Waals surface area contributed by atoms with Gasteiger partial charge in [0.15, 0.2) is 0 Å². The van der Waals surface area contributed by atoms with Crippen LogP contribution in [-0.4, -0.2) is 53.0 Å². The van der Waals surface area contributed by atoms with Crippen molar-refractivity contribution < 1.29 is 9.59 Å². The molecule has 0 bridgehead atoms. The number of rotatable bonds is 4. The van der Waals surface area contributed by atoms with E-state index in [1.54, 1.807) is 4.90 Å². The fourth-order valence-electron chi connectivity index (χ4n) is 4.75. The average molecular weight is 327 g/mol. The van der Waals surface area contributed by atoms with E-state index in [-0.39, 0.29) is 18.0 Å². The summed E-state index contributed by atoms with van der Waals surface area (Å²) in [6.07, 6.45) is 4.37. The van der Waals surface area contributed by atoms with E-state index in [2.05, 4.69) is 24.0 Å². The van der Waals surface area contributed by atoms with Crippen molar-refractivity contribution >= 4 is 17.6 Å². The minimum absolute atomic E-state index is 0.00420. The van der Waals surface area contributed by atoms with Gasteiger partial charge in [0.05, 0.1) is 6.04 Å². The van der Waals surface area contributed by atoms with Crippen molar-refractivity contribution in [3.63, 3.8) is 0 Å². The van der Waals surface area contributed by atoms with Crippen LogP contribution >= 0.6 is 0 Å². The molecule has 128 valence electrons. The van der Waals surface area contributed by atoms with Crippen LogP contribution in [0.15, 0.2) is 30.3 Å². The van der Waals surface area contributed by atoms with Gasteiger partial charge in [-0.2, -0.15) is 0 Å². The molecular formula is C19H25N3O2. The maximum Gasteiger partial charge on any atom is 0.327 e. The smallest absolute Gasteiger partial charge is 0.327 e. The van der Waals surface area contributed by atoms with Crippen LogP contribution in [0.4, 0.5) is 10.5 Å². The van der Waals surface area contributed by atoms with Crippen LogP contribution < -0.4 is 4.90 Å². The molecule has 3 aliphatic rings. The van der Waals surface area contributed by atoms with Crippen molar-refractivity contribution in [2.75, 3.05) is 24.5 Å². The summed E-state index contributed by atoms with van der Waals surface area (Å²) in [4.78, 5) is 31.8. The highest BCUT2D eigenvalue weighted by atomic mass is 16.2. The molecule has 2 atom stereocenters. The van der Waals surface area contributed by atoms with Gasteiger partial charge < -0.3 is 9.80 Å². The van der Waals surface area contributed by atoms with Gasteiger partial charge in [0.1, 0.15) is 5.54 Å². The first kappa shape index (κ1) is 15.5. The number of carbonyl (C=O) groups excluding carboxylic acids is 2. The van der Waals surface area contributed by atoms with Crippen LogP contribution in [0.1, 0.15) is 39.0 Å². The summed E-state index contributed by atoms with van der Waals surface area (Å²) in [7, 11) is 0. The first-order valence-corrected chi connectivity index (χ1v) is 9.12. The zero-order valence-corrected chi connectivity index (χ0v) is 14.3. The zero-order chi connectivity index (χ0) is 16.7. The number of anilines is 1. The summed E-state index contributed by atoms with van der Waals surface area (Å²) in [6, 6.07) is 10.2. The highest BCUT2D eigenvalue weighted by Gasteiger charge is 2.60. The Bertz CT molecular complexity index is 647. The Morgan fingerprint density at radius 2 is 1.96 bits per heavy atom. The molecular weight excluding hydrogens is 302 g/mol. The lowest BCUT2D eigenvalue weighted by Crippen LogP contribution is -2.46. The predicted molar refractivity (Wildman–Crippen MR) is 92.9 cm³/mol. The Kier molecular flexibility index (Phi) is 3.74. The van der Waals surface area contributed by atoms with Gasteiger partial charge in [-0.1, -0.05) is 31.5 Å². The van der Waals surface area contributed by atoms with E-state index >= 15 is 0 Å². The fourth-order valence-corrected chi connectivity index (χ4v) is 4.75. The second-order valence-electron chi connectivity index (χ2n) is 7.22. The van der Waals surface area contributed by atoms with Gasteiger partial charge in [-0.3, -0.25) is 9.69 Å². The fraction of sp³-hybridized carbons (Fsp3) is 0.579. The largest absolute Gasteiger partial charge is 0.369 e. The van der Waals surface area contributed by atoms with Crippen LogP contribution in [0.25, 0.3) is 0 Å². The van der Waals surface area contributed by atoms with E-state index in [0.29, 0.717) is 0 Å². The van der Waals surface area contributed by atoms with Crippen LogP contribution in [0.3, 0.4) is 0 Å². The summed E-state index contributed by atoms with van der Waals surface area (Å²) in [6.45, 7) is 4.47. The zero-order valence-electron chi connectivity index (χ0n) is 14.3. The average Bonchev–Trinajstić information content (AvgIpc) is 3.27. The number of fused-ring (bicyclic) bond motifs is 1. The summed E-state index contributed by atoms with van der Waals surface area (Å²) in [5.41, 5.74) is 0.634. The molecule has 5 nitrogen and oxygen atoms in total. The third kappa shape index (κ3) is 2.14. The van der Waals surface area contributed by atoms with Crippen molar-refractivity contribution in [2.45, 2.75) is 50.6 Å². The van der Waals surface area contributed by atoms with E-state index in [9.17, 15) is 9.59 Å². The third-order valence-electron chi connectivity index (χ3n) is 5.86. The molecule has 3 fully saturated rings. The molecule has 0 N–H and O–H groups in total. The molecule has 24 heavy (non-hydrogen) atoms. The number of hydrogen-bond acceptors (Lipinski definition) is 3. The Morgan fingerprint density at radius 3 is 2.71 bits per heavy atom. The predicted octanol–water partition coefficient (Wildman–Crippen LogP) is 2.86. The Labute approximate surface area is 143 Å². The van der Waals surface area contributed by atoms with Gasteiger partial charge in [-0.05, 0) is 37.8 Å². The molecule has 1 aromatic rings. The number of imide groups is 1. The van der Waals surface area contributed by atoms with Crippen molar-refractivity contribution in [3.8, 4) is 0 Å². The molecule has 0 radical (unpaired) electrons. The second-order valence-corrected chi connectivity index (χ2v) is 7.22. The number of nitrogens with zero attached hydrogens (tertiary/aromatic N) is 3. The molecule has 0 unspecified atom stereocenters. The number of amides is 3. The van der Waals surface area contributed by atoms with Gasteiger partial charge in [-0.15, -0.1) is 0 Å². The number of hydrogen-bond donors (Lipinski definition) is 0. The lowest BCUT2D eigenvalue weighted by molar-refractivity contribution is -0.134. The van der Waals surface area contributed by atoms with Crippen molar-refractivity contribution in [2.24, 2.45) is 0 Å². The second kappa shape index (κ2) is 5.80. The maximum absolute atomic E-state index is 13.2. The van der Waals surface area contributed by atoms with E-state index in [4.69, 9.17) is 0 Å². The highest BCUT2D eigenvalue weighted by Crippen LogP contribution is 2.42. The molecule has 1 aromatic carbocycles. The first-order chi connectivity index (χ1) is 11.7. The molecule has 4 rings (SSSR count). The van der Waals surface area contributed by atoms with Crippen LogP contribution in [0.2, 0.25) is 0 Å². The summed E-state index contributed by atoms with van der Waals surface area (Å²) < 4.78 is 0. The Hall–Kier alpha value is -2.04. The molecule has 0 saturated carbocycles. The topological polar surface area (TPSA) is 43.9 Å². The molecule has 0 spiro atoms. The number of carbonyl (C=O) groups is 2. The molecule has 3 saturated heterocycles. The normalized spacial score (nSPS) is 29.7. The van der Waals surface area contributed by atoms with Gasteiger partial charge in [-0.25, -0.2) is 4.79 Å². The van der Waals surface area contributed by atoms with Crippen LogP contribution in [0, 0.1) is 0 Å². The molecule has 3 aliphatic heterocycles. The standard InChI is InChI=1S/C19H25N3O2/c1-2-10-19-11-6-12-21(19)18(24)22(17(19)23)16-9-13-20(14-16)15-7-4-3-5-8-15/h3-5,7-8,16H,2,6,9-14H2,1H3/t16-,19-/m1/s1. The molecule has 0 aliphatic carbocycles. The minimum atomic E-state index is -0.536. The summed E-state index contributed by atoms with van der Waals surface area (Å²) in [5, 5.41) is 0. The highest BCUT2D eigenvalue weighted by molar-refractivity contribution is 6.07. The van der Waals surface area contributed by atoms with E-state index in [1.807, 2.05) is 23.1 Å². The van der Waals surface area contributed by atoms with Gasteiger partial charge in [0.25, 0.3) is 5.91 Å². The lowest BCUT2D eigenvalue weighted by Gasteiger charge is -2.28. The molecule has 3 heterocycles. The van der Waals surface area contributed by atoms with Crippen molar-refractivity contribution in [1.29, 1.82) is 0 Å². The van der Waals surface area contributed by atoms with Crippen molar-refractivity contribution in [1.82, 2.24) is 9.80 Å². The molecule has 0 aromatic heterocycles.